The van der Waals surface area contributed by atoms with Gasteiger partial charge in [0.15, 0.2) is 0 Å². The lowest BCUT2D eigenvalue weighted by atomic mass is 9.96. The van der Waals surface area contributed by atoms with E-state index >= 15 is 0 Å². The van der Waals surface area contributed by atoms with Gasteiger partial charge >= 0.3 is 0 Å². The van der Waals surface area contributed by atoms with Crippen LogP contribution >= 0.6 is 0 Å². The number of hydrogen-bond acceptors (Lipinski definition) is 4. The first-order chi connectivity index (χ1) is 10.0. The summed E-state index contributed by atoms with van der Waals surface area (Å²) in [5.41, 5.74) is 0.743. The molecule has 0 amide bonds. The highest BCUT2D eigenvalue weighted by Gasteiger charge is 2.22. The van der Waals surface area contributed by atoms with Crippen LogP contribution in [0.2, 0.25) is 0 Å². The summed E-state index contributed by atoms with van der Waals surface area (Å²) >= 11 is 0. The Bertz CT molecular complexity index is 560. The molecule has 21 heavy (non-hydrogen) atoms. The van der Waals surface area contributed by atoms with E-state index in [4.69, 9.17) is 9.47 Å². The van der Waals surface area contributed by atoms with E-state index in [9.17, 15) is 5.11 Å². The number of rotatable bonds is 6. The molecule has 0 saturated carbocycles. The van der Waals surface area contributed by atoms with Crippen molar-refractivity contribution in [1.82, 2.24) is 0 Å². The maximum absolute atomic E-state index is 10.6. The molecule has 2 rings (SSSR count). The molecule has 2 aromatic rings. The zero-order valence-corrected chi connectivity index (χ0v) is 12.6. The van der Waals surface area contributed by atoms with Crippen LogP contribution < -0.4 is 14.8 Å². The first-order valence-electron chi connectivity index (χ1n) is 6.80. The number of benzene rings is 2. The Morgan fingerprint density at radius 2 is 1.57 bits per heavy atom. The van der Waals surface area contributed by atoms with Crippen LogP contribution in [0.25, 0.3) is 0 Å². The molecular formula is C17H21NO3. The molecule has 0 aromatic heterocycles. The summed E-state index contributed by atoms with van der Waals surface area (Å²) in [7, 11) is 3.22. The fourth-order valence-corrected chi connectivity index (χ4v) is 2.08. The third-order valence-corrected chi connectivity index (χ3v) is 3.38. The lowest BCUT2D eigenvalue weighted by Gasteiger charge is -2.25. The van der Waals surface area contributed by atoms with Crippen molar-refractivity contribution in [2.24, 2.45) is 0 Å². The Hall–Kier alpha value is -2.20. The fraction of sp³-hybridized carbons (Fsp3) is 0.294. The van der Waals surface area contributed by atoms with Gasteiger partial charge in [0, 0.05) is 30.4 Å². The Morgan fingerprint density at radius 3 is 2.10 bits per heavy atom. The van der Waals surface area contributed by atoms with E-state index in [0.717, 1.165) is 11.3 Å². The minimum Gasteiger partial charge on any atom is -0.497 e. The molecule has 0 aliphatic rings. The van der Waals surface area contributed by atoms with Crippen LogP contribution in [-0.4, -0.2) is 25.9 Å². The summed E-state index contributed by atoms with van der Waals surface area (Å²) in [4.78, 5) is 0. The van der Waals surface area contributed by atoms with E-state index in [-0.39, 0.29) is 0 Å². The van der Waals surface area contributed by atoms with Crippen molar-refractivity contribution >= 4 is 5.69 Å². The van der Waals surface area contributed by atoms with E-state index in [1.54, 1.807) is 27.2 Å². The van der Waals surface area contributed by atoms with Crippen LogP contribution in [0.1, 0.15) is 12.5 Å². The molecule has 0 spiro atoms. The van der Waals surface area contributed by atoms with E-state index in [1.165, 1.54) is 0 Å². The lowest BCUT2D eigenvalue weighted by molar-refractivity contribution is 0.0715. The minimum atomic E-state index is -0.961. The van der Waals surface area contributed by atoms with Crippen LogP contribution in [0.3, 0.4) is 0 Å². The molecule has 1 unspecified atom stereocenters. The molecule has 0 fully saturated rings. The van der Waals surface area contributed by atoms with Crippen LogP contribution in [0.5, 0.6) is 11.5 Å². The van der Waals surface area contributed by atoms with Crippen LogP contribution in [-0.2, 0) is 5.60 Å². The largest absolute Gasteiger partial charge is 0.497 e. The smallest absolute Gasteiger partial charge is 0.124 e. The van der Waals surface area contributed by atoms with Gasteiger partial charge in [-0.1, -0.05) is 30.3 Å². The zero-order chi connectivity index (χ0) is 15.3. The summed E-state index contributed by atoms with van der Waals surface area (Å²) in [6.07, 6.45) is 0. The highest BCUT2D eigenvalue weighted by atomic mass is 16.5. The van der Waals surface area contributed by atoms with Crippen molar-refractivity contribution in [3.63, 3.8) is 0 Å². The van der Waals surface area contributed by atoms with E-state index < -0.39 is 5.60 Å². The third-order valence-electron chi connectivity index (χ3n) is 3.38. The Morgan fingerprint density at radius 1 is 1.00 bits per heavy atom. The molecule has 112 valence electrons. The quantitative estimate of drug-likeness (QED) is 0.857. The molecule has 4 nitrogen and oxygen atoms in total. The number of hydrogen-bond donors (Lipinski definition) is 2. The second kappa shape index (κ2) is 6.50. The van der Waals surface area contributed by atoms with Gasteiger partial charge in [-0.2, -0.15) is 0 Å². The monoisotopic (exact) mass is 287 g/mol. The van der Waals surface area contributed by atoms with Gasteiger partial charge in [-0.3, -0.25) is 0 Å². The van der Waals surface area contributed by atoms with Gasteiger partial charge in [-0.15, -0.1) is 0 Å². The predicted molar refractivity (Wildman–Crippen MR) is 84.0 cm³/mol. The number of nitrogens with one attached hydrogen (secondary N) is 1. The summed E-state index contributed by atoms with van der Waals surface area (Å²) in [6, 6.07) is 15.1. The number of anilines is 1. The van der Waals surface area contributed by atoms with Crippen molar-refractivity contribution in [2.75, 3.05) is 26.1 Å². The normalized spacial score (nSPS) is 13.3. The van der Waals surface area contributed by atoms with Crippen LogP contribution in [0.15, 0.2) is 48.5 Å². The standard InChI is InChI=1S/C17H21NO3/c1-17(19,13-7-5-4-6-8-13)12-18-14-9-15(20-2)11-16(10-14)21-3/h4-11,18-19H,12H2,1-3H3. The topological polar surface area (TPSA) is 50.7 Å². The number of aliphatic hydroxyl groups is 1. The molecule has 0 aliphatic carbocycles. The second-order valence-electron chi connectivity index (χ2n) is 5.09. The molecule has 2 N–H and O–H groups in total. The Kier molecular flexibility index (Phi) is 4.70. The van der Waals surface area contributed by atoms with E-state index in [1.807, 2.05) is 42.5 Å². The van der Waals surface area contributed by atoms with Gasteiger partial charge in [0.05, 0.1) is 14.2 Å². The van der Waals surface area contributed by atoms with Crippen LogP contribution in [0.4, 0.5) is 5.69 Å². The number of ether oxygens (including phenoxy) is 2. The molecule has 0 radical (unpaired) electrons. The average molecular weight is 287 g/mol. The molecule has 0 heterocycles. The van der Waals surface area contributed by atoms with Crippen molar-refractivity contribution < 1.29 is 14.6 Å². The summed E-state index contributed by atoms with van der Waals surface area (Å²) < 4.78 is 10.5. The first-order valence-corrected chi connectivity index (χ1v) is 6.80. The molecule has 0 saturated heterocycles. The van der Waals surface area contributed by atoms with Crippen molar-refractivity contribution in [3.05, 3.63) is 54.1 Å². The average Bonchev–Trinajstić information content (AvgIpc) is 2.53. The minimum absolute atomic E-state index is 0.382. The first kappa shape index (κ1) is 15.2. The third kappa shape index (κ3) is 3.89. The second-order valence-corrected chi connectivity index (χ2v) is 5.09. The van der Waals surface area contributed by atoms with Gasteiger partial charge in [0.1, 0.15) is 17.1 Å². The van der Waals surface area contributed by atoms with E-state index in [2.05, 4.69) is 5.32 Å². The molecule has 4 heteroatoms. The summed E-state index contributed by atoms with van der Waals surface area (Å²) in [5.74, 6) is 1.41. The van der Waals surface area contributed by atoms with Crippen LogP contribution in [0, 0.1) is 0 Å². The molecular weight excluding hydrogens is 266 g/mol. The van der Waals surface area contributed by atoms with Gasteiger partial charge < -0.3 is 19.9 Å². The summed E-state index contributed by atoms with van der Waals surface area (Å²) in [5, 5.41) is 13.8. The van der Waals surface area contributed by atoms with Crippen molar-refractivity contribution in [3.8, 4) is 11.5 Å². The Balaban J connectivity index is 2.12. The van der Waals surface area contributed by atoms with Gasteiger partial charge in [-0.05, 0) is 12.5 Å². The fourth-order valence-electron chi connectivity index (χ4n) is 2.08. The van der Waals surface area contributed by atoms with E-state index in [0.29, 0.717) is 18.0 Å². The SMILES string of the molecule is COc1cc(NCC(C)(O)c2ccccc2)cc(OC)c1. The Labute approximate surface area is 125 Å². The molecule has 0 aliphatic heterocycles. The van der Waals surface area contributed by atoms with Gasteiger partial charge in [0.25, 0.3) is 0 Å². The zero-order valence-electron chi connectivity index (χ0n) is 12.6. The van der Waals surface area contributed by atoms with Crippen molar-refractivity contribution in [1.29, 1.82) is 0 Å². The molecule has 1 atom stereocenters. The molecule has 0 bridgehead atoms. The maximum atomic E-state index is 10.6. The highest BCUT2D eigenvalue weighted by molar-refractivity contribution is 5.54. The highest BCUT2D eigenvalue weighted by Crippen LogP contribution is 2.27. The number of methoxy groups -OCH3 is 2. The maximum Gasteiger partial charge on any atom is 0.124 e. The van der Waals surface area contributed by atoms with Gasteiger partial charge in [0.2, 0.25) is 0 Å². The molecule has 2 aromatic carbocycles. The van der Waals surface area contributed by atoms with Crippen molar-refractivity contribution in [2.45, 2.75) is 12.5 Å². The lowest BCUT2D eigenvalue weighted by Crippen LogP contribution is -2.30. The summed E-state index contributed by atoms with van der Waals surface area (Å²) in [6.45, 7) is 2.17. The van der Waals surface area contributed by atoms with Gasteiger partial charge in [-0.25, -0.2) is 0 Å². The predicted octanol–water partition coefficient (Wildman–Crippen LogP) is 3.02.